The van der Waals surface area contributed by atoms with Gasteiger partial charge in [0, 0.05) is 5.56 Å². The molecule has 3 nitrogen and oxygen atoms in total. The van der Waals surface area contributed by atoms with Gasteiger partial charge in [0.15, 0.2) is 11.6 Å². The van der Waals surface area contributed by atoms with Crippen molar-refractivity contribution >= 4 is 0 Å². The number of hydrogen-bond donors (Lipinski definition) is 1. The number of halogens is 3. The largest absolute Gasteiger partial charge is 0.490 e. The molecule has 0 bridgehead atoms. The molecule has 1 saturated carbocycles. The molecule has 1 aliphatic carbocycles. The van der Waals surface area contributed by atoms with Crippen LogP contribution in [0.4, 0.5) is 13.2 Å². The van der Waals surface area contributed by atoms with E-state index < -0.39 is 23.6 Å². The second-order valence-electron chi connectivity index (χ2n) is 8.02. The quantitative estimate of drug-likeness (QED) is 0.369. The summed E-state index contributed by atoms with van der Waals surface area (Å²) in [6, 6.07) is 7.72. The molecular weight excluding hydrogens is 405 g/mol. The average Bonchev–Trinajstić information content (AvgIpc) is 2.76. The molecule has 2 aromatic rings. The van der Waals surface area contributed by atoms with E-state index in [1.165, 1.54) is 12.1 Å². The second kappa shape index (κ2) is 10.8. The molecule has 0 aliphatic heterocycles. The van der Waals surface area contributed by atoms with Gasteiger partial charge in [-0.25, -0.2) is 8.78 Å². The summed E-state index contributed by atoms with van der Waals surface area (Å²) in [5, 5.41) is 9.53. The van der Waals surface area contributed by atoms with Crippen molar-refractivity contribution in [3.05, 3.63) is 77.1 Å². The van der Waals surface area contributed by atoms with E-state index in [0.717, 1.165) is 0 Å². The van der Waals surface area contributed by atoms with Crippen LogP contribution < -0.4 is 4.74 Å². The molecule has 1 unspecified atom stereocenters. The van der Waals surface area contributed by atoms with Crippen molar-refractivity contribution in [1.29, 1.82) is 0 Å². The molecule has 0 spiro atoms. The molecule has 31 heavy (non-hydrogen) atoms. The minimum absolute atomic E-state index is 0.0542. The second-order valence-corrected chi connectivity index (χ2v) is 8.02. The molecule has 1 N–H and O–H groups in total. The summed E-state index contributed by atoms with van der Waals surface area (Å²) in [5.41, 5.74) is 1.33. The van der Waals surface area contributed by atoms with Gasteiger partial charge in [-0.15, -0.1) is 6.58 Å². The molecule has 1 atom stereocenters. The summed E-state index contributed by atoms with van der Waals surface area (Å²) in [4.78, 5) is 0. The first kappa shape index (κ1) is 23.4. The van der Waals surface area contributed by atoms with E-state index in [4.69, 9.17) is 9.47 Å². The zero-order chi connectivity index (χ0) is 22.4. The van der Waals surface area contributed by atoms with Crippen molar-refractivity contribution in [3.8, 4) is 5.75 Å². The molecule has 168 valence electrons. The molecule has 0 heterocycles. The van der Waals surface area contributed by atoms with Crippen LogP contribution >= 0.6 is 0 Å². The molecule has 1 aliphatic rings. The number of rotatable bonds is 9. The predicted molar refractivity (Wildman–Crippen MR) is 113 cm³/mol. The summed E-state index contributed by atoms with van der Waals surface area (Å²) in [6.45, 7) is 5.55. The molecule has 6 heteroatoms. The molecule has 3 rings (SSSR count). The fourth-order valence-corrected chi connectivity index (χ4v) is 3.91. The Bertz CT molecular complexity index is 890. The monoisotopic (exact) mass is 434 g/mol. The Morgan fingerprint density at radius 2 is 1.84 bits per heavy atom. The summed E-state index contributed by atoms with van der Waals surface area (Å²) in [6.07, 6.45) is 4.15. The zero-order valence-corrected chi connectivity index (χ0v) is 17.8. The van der Waals surface area contributed by atoms with Crippen molar-refractivity contribution in [2.45, 2.75) is 63.8 Å². The van der Waals surface area contributed by atoms with E-state index in [-0.39, 0.29) is 31.0 Å². The summed E-state index contributed by atoms with van der Waals surface area (Å²) < 4.78 is 54.2. The molecule has 0 amide bonds. The lowest BCUT2D eigenvalue weighted by Crippen LogP contribution is -2.21. The Morgan fingerprint density at radius 1 is 1.10 bits per heavy atom. The molecule has 0 aromatic heterocycles. The van der Waals surface area contributed by atoms with Crippen molar-refractivity contribution in [2.75, 3.05) is 6.61 Å². The van der Waals surface area contributed by atoms with Gasteiger partial charge in [-0.05, 0) is 68.2 Å². The van der Waals surface area contributed by atoms with Gasteiger partial charge in [-0.1, -0.05) is 24.3 Å². The number of hydrogen-bond acceptors (Lipinski definition) is 3. The minimum Gasteiger partial charge on any atom is -0.490 e. The molecule has 0 radical (unpaired) electrons. The summed E-state index contributed by atoms with van der Waals surface area (Å²) in [7, 11) is 0. The van der Waals surface area contributed by atoms with Crippen molar-refractivity contribution in [2.24, 2.45) is 0 Å². The van der Waals surface area contributed by atoms with Crippen LogP contribution in [-0.2, 0) is 11.3 Å². The Hall–Kier alpha value is -2.31. The van der Waals surface area contributed by atoms with Crippen LogP contribution in [0.3, 0.4) is 0 Å². The van der Waals surface area contributed by atoms with Gasteiger partial charge in [0.25, 0.3) is 0 Å². The van der Waals surface area contributed by atoms with Crippen molar-refractivity contribution in [3.63, 3.8) is 0 Å². The maximum Gasteiger partial charge on any atom is 0.200 e. The number of aliphatic hydroxyl groups is 1. The molecule has 0 saturated heterocycles. The van der Waals surface area contributed by atoms with Crippen LogP contribution in [0.15, 0.2) is 43.0 Å². The van der Waals surface area contributed by atoms with Crippen LogP contribution in [0, 0.1) is 17.5 Å². The fraction of sp³-hybridized carbons (Fsp3) is 0.440. The topological polar surface area (TPSA) is 38.7 Å². The van der Waals surface area contributed by atoms with Crippen LogP contribution in [0.25, 0.3) is 0 Å². The van der Waals surface area contributed by atoms with Gasteiger partial charge in [0.1, 0.15) is 5.82 Å². The van der Waals surface area contributed by atoms with Gasteiger partial charge in [-0.2, -0.15) is 4.39 Å². The third kappa shape index (κ3) is 5.89. The summed E-state index contributed by atoms with van der Waals surface area (Å²) in [5.74, 6) is -2.36. The van der Waals surface area contributed by atoms with Crippen molar-refractivity contribution in [1.82, 2.24) is 0 Å². The highest BCUT2D eigenvalue weighted by molar-refractivity contribution is 5.33. The van der Waals surface area contributed by atoms with Gasteiger partial charge in [0.05, 0.1) is 25.4 Å². The van der Waals surface area contributed by atoms with E-state index in [9.17, 15) is 18.3 Å². The Morgan fingerprint density at radius 3 is 2.48 bits per heavy atom. The Kier molecular flexibility index (Phi) is 8.15. The SMILES string of the molecule is C=CCCOc1ccc(C2CCC(OCc3ccc(C(C)O)cc3F)CC2)c(F)c1F. The van der Waals surface area contributed by atoms with Crippen LogP contribution in [0.2, 0.25) is 0 Å². The number of benzene rings is 2. The molecular formula is C25H29F3O3. The average molecular weight is 434 g/mol. The van der Waals surface area contributed by atoms with E-state index in [1.807, 2.05) is 0 Å². The highest BCUT2D eigenvalue weighted by atomic mass is 19.2. The maximum atomic E-state index is 14.6. The molecule has 1 fully saturated rings. The lowest BCUT2D eigenvalue weighted by Gasteiger charge is -2.29. The van der Waals surface area contributed by atoms with Gasteiger partial charge >= 0.3 is 0 Å². The van der Waals surface area contributed by atoms with Gasteiger partial charge in [0.2, 0.25) is 5.82 Å². The minimum atomic E-state index is -0.948. The first-order valence-electron chi connectivity index (χ1n) is 10.7. The van der Waals surface area contributed by atoms with E-state index in [2.05, 4.69) is 6.58 Å². The fourth-order valence-electron chi connectivity index (χ4n) is 3.91. The lowest BCUT2D eigenvalue weighted by molar-refractivity contribution is 0.0118. The van der Waals surface area contributed by atoms with Gasteiger partial charge < -0.3 is 14.6 Å². The van der Waals surface area contributed by atoms with Crippen LogP contribution in [0.1, 0.15) is 67.7 Å². The van der Waals surface area contributed by atoms with Crippen molar-refractivity contribution < 1.29 is 27.8 Å². The lowest BCUT2D eigenvalue weighted by atomic mass is 9.82. The third-order valence-corrected chi connectivity index (χ3v) is 5.80. The predicted octanol–water partition coefficient (Wildman–Crippen LogP) is 6.36. The third-order valence-electron chi connectivity index (χ3n) is 5.80. The number of ether oxygens (including phenoxy) is 2. The van der Waals surface area contributed by atoms with E-state index >= 15 is 0 Å². The standard InChI is InChI=1S/C25H29F3O3/c1-3-4-13-30-23-12-11-21(24(27)25(23)28)17-7-9-20(10-8-17)31-15-19-6-5-18(16(2)29)14-22(19)26/h3,5-6,11-12,14,16-17,20,29H,1,4,7-10,13,15H2,2H3. The van der Waals surface area contributed by atoms with Gasteiger partial charge in [-0.3, -0.25) is 0 Å². The summed E-state index contributed by atoms with van der Waals surface area (Å²) >= 11 is 0. The Labute approximate surface area is 181 Å². The van der Waals surface area contributed by atoms with Crippen LogP contribution in [-0.4, -0.2) is 17.8 Å². The maximum absolute atomic E-state index is 14.6. The first-order valence-corrected chi connectivity index (χ1v) is 10.7. The molecule has 2 aromatic carbocycles. The van der Waals surface area contributed by atoms with Crippen LogP contribution in [0.5, 0.6) is 5.75 Å². The highest BCUT2D eigenvalue weighted by Crippen LogP contribution is 2.37. The zero-order valence-electron chi connectivity index (χ0n) is 17.8. The first-order chi connectivity index (χ1) is 14.9. The normalized spacial score (nSPS) is 19.8. The Balaban J connectivity index is 1.54. The van der Waals surface area contributed by atoms with E-state index in [0.29, 0.717) is 48.8 Å². The highest BCUT2D eigenvalue weighted by Gasteiger charge is 2.27. The number of aliphatic hydroxyl groups excluding tert-OH is 1. The smallest absolute Gasteiger partial charge is 0.200 e. The van der Waals surface area contributed by atoms with E-state index in [1.54, 1.807) is 31.2 Å².